The number of ether oxygens (including phenoxy) is 6. The first-order chi connectivity index (χ1) is 22.8. The van der Waals surface area contributed by atoms with Gasteiger partial charge in [-0.3, -0.25) is 14.4 Å². The van der Waals surface area contributed by atoms with E-state index in [1.165, 1.54) is 58.5 Å². The van der Waals surface area contributed by atoms with E-state index in [9.17, 15) is 19.2 Å². The first kappa shape index (κ1) is 36.0. The Kier molecular flexibility index (Phi) is 11.6. The van der Waals surface area contributed by atoms with Crippen LogP contribution in [0, 0.1) is 5.41 Å². The lowest BCUT2D eigenvalue weighted by Crippen LogP contribution is -2.46. The van der Waals surface area contributed by atoms with Gasteiger partial charge in [-0.1, -0.05) is 37.6 Å². The minimum atomic E-state index is -1.32. The minimum Gasteiger partial charge on any atom is -0.495 e. The summed E-state index contributed by atoms with van der Waals surface area (Å²) in [5.74, 6) is -1.05. The van der Waals surface area contributed by atoms with Crippen LogP contribution in [-0.2, 0) is 28.6 Å². The normalized spacial score (nSPS) is 15.9. The molecular weight excluding hydrogens is 644 g/mol. The summed E-state index contributed by atoms with van der Waals surface area (Å²) in [6, 6.07) is 14.8. The van der Waals surface area contributed by atoms with Crippen molar-refractivity contribution in [2.75, 3.05) is 51.8 Å². The van der Waals surface area contributed by atoms with Gasteiger partial charge in [0, 0.05) is 40.7 Å². The monoisotopic (exact) mass is 682 g/mol. The van der Waals surface area contributed by atoms with Gasteiger partial charge in [-0.25, -0.2) is 4.79 Å². The lowest BCUT2D eigenvalue weighted by molar-refractivity contribution is -0.144. The lowest BCUT2D eigenvalue weighted by Gasteiger charge is -2.33. The van der Waals surface area contributed by atoms with E-state index in [2.05, 4.69) is 5.32 Å². The maximum Gasteiger partial charge on any atom is 0.337 e. The number of carbonyl (C=O) groups is 4. The van der Waals surface area contributed by atoms with Crippen molar-refractivity contribution in [3.05, 3.63) is 76.3 Å². The molecule has 0 fully saturated rings. The number of halogens is 1. The van der Waals surface area contributed by atoms with E-state index < -0.39 is 47.8 Å². The van der Waals surface area contributed by atoms with Crippen LogP contribution in [0.2, 0.25) is 5.02 Å². The van der Waals surface area contributed by atoms with Crippen molar-refractivity contribution in [1.29, 1.82) is 0 Å². The Balaban J connectivity index is 1.81. The zero-order chi connectivity index (χ0) is 35.2. The lowest BCUT2D eigenvalue weighted by atomic mass is 9.92. The number of nitrogens with zero attached hydrogens (tertiary/aromatic N) is 1. The van der Waals surface area contributed by atoms with Crippen LogP contribution in [0.25, 0.3) is 0 Å². The molecule has 2 atom stereocenters. The van der Waals surface area contributed by atoms with Crippen molar-refractivity contribution >= 4 is 46.7 Å². The zero-order valence-electron chi connectivity index (χ0n) is 27.9. The molecule has 0 unspecified atom stereocenters. The van der Waals surface area contributed by atoms with Gasteiger partial charge in [-0.05, 0) is 42.5 Å². The van der Waals surface area contributed by atoms with Gasteiger partial charge in [-0.15, -0.1) is 0 Å². The van der Waals surface area contributed by atoms with Crippen LogP contribution in [0.1, 0.15) is 54.8 Å². The SMILES string of the molecule is COC(=O)c1ccc(OC)c(NC(=O)C[C@H]2O[C@H](c3cccc(OC)c3OC)c3cc(Cl)ccc3N(CC(C)(C)COC(C)=O)C2=O)c1. The number of rotatable bonds is 12. The maximum atomic E-state index is 14.5. The molecule has 48 heavy (non-hydrogen) atoms. The summed E-state index contributed by atoms with van der Waals surface area (Å²) >= 11 is 6.52. The van der Waals surface area contributed by atoms with Crippen molar-refractivity contribution in [1.82, 2.24) is 0 Å². The second-order valence-corrected chi connectivity index (χ2v) is 12.3. The Bertz CT molecular complexity index is 1690. The van der Waals surface area contributed by atoms with Crippen molar-refractivity contribution in [2.45, 2.75) is 39.4 Å². The summed E-state index contributed by atoms with van der Waals surface area (Å²) in [6.07, 6.45) is -2.68. The van der Waals surface area contributed by atoms with Crippen LogP contribution in [0.5, 0.6) is 17.2 Å². The number of fused-ring (bicyclic) bond motifs is 1. The van der Waals surface area contributed by atoms with Gasteiger partial charge < -0.3 is 38.6 Å². The fourth-order valence-electron chi connectivity index (χ4n) is 5.42. The highest BCUT2D eigenvalue weighted by Gasteiger charge is 2.41. The molecule has 2 amide bonds. The molecule has 12 nitrogen and oxygen atoms in total. The van der Waals surface area contributed by atoms with E-state index in [-0.39, 0.29) is 24.4 Å². The maximum absolute atomic E-state index is 14.5. The fraction of sp³-hybridized carbons (Fsp3) is 0.371. The average molecular weight is 683 g/mol. The Labute approximate surface area is 284 Å². The molecule has 0 aliphatic carbocycles. The molecule has 13 heteroatoms. The van der Waals surface area contributed by atoms with E-state index >= 15 is 0 Å². The number of anilines is 2. The van der Waals surface area contributed by atoms with Gasteiger partial charge >= 0.3 is 11.9 Å². The molecule has 0 aromatic heterocycles. The van der Waals surface area contributed by atoms with Crippen LogP contribution in [0.4, 0.5) is 11.4 Å². The molecule has 4 rings (SSSR count). The zero-order valence-corrected chi connectivity index (χ0v) is 28.6. The average Bonchev–Trinajstić information content (AvgIpc) is 3.16. The summed E-state index contributed by atoms with van der Waals surface area (Å²) < 4.78 is 33.4. The topological polar surface area (TPSA) is 139 Å². The molecule has 256 valence electrons. The van der Waals surface area contributed by atoms with Crippen molar-refractivity contribution < 1.29 is 47.6 Å². The molecule has 0 saturated carbocycles. The van der Waals surface area contributed by atoms with Gasteiger partial charge in [0.2, 0.25) is 5.91 Å². The van der Waals surface area contributed by atoms with E-state index in [1.54, 1.807) is 36.4 Å². The van der Waals surface area contributed by atoms with Gasteiger partial charge in [-0.2, -0.15) is 0 Å². The molecular formula is C35H39ClN2O10. The smallest absolute Gasteiger partial charge is 0.337 e. The van der Waals surface area contributed by atoms with Crippen LogP contribution >= 0.6 is 11.6 Å². The Morgan fingerprint density at radius 1 is 0.938 bits per heavy atom. The second kappa shape index (κ2) is 15.4. The fourth-order valence-corrected chi connectivity index (χ4v) is 5.60. The Morgan fingerprint density at radius 3 is 2.31 bits per heavy atom. The third kappa shape index (κ3) is 8.18. The summed E-state index contributed by atoms with van der Waals surface area (Å²) in [5.41, 5.74) is 1.25. The summed E-state index contributed by atoms with van der Waals surface area (Å²) in [6.45, 7) is 5.16. The minimum absolute atomic E-state index is 0.0323. The molecule has 0 bridgehead atoms. The van der Waals surface area contributed by atoms with E-state index in [0.717, 1.165) is 0 Å². The molecule has 1 heterocycles. The number of esters is 2. The number of amides is 2. The standard InChI is InChI=1S/C35H39ClN2O10/c1-20(39)47-19-35(2,3)18-38-26-13-12-22(36)16-24(26)31(23-9-8-10-28(44-5)32(23)45-6)48-29(33(38)41)17-30(40)37-25-15-21(34(42)46-7)11-14-27(25)43-4/h8-16,29,31H,17-19H2,1-7H3,(H,37,40)/t29-,31-/m1/s1. The third-order valence-corrected chi connectivity index (χ3v) is 7.87. The van der Waals surface area contributed by atoms with Crippen LogP contribution in [0.15, 0.2) is 54.6 Å². The molecule has 3 aromatic rings. The number of nitrogens with one attached hydrogen (secondary N) is 1. The summed E-state index contributed by atoms with van der Waals surface area (Å²) in [5, 5.41) is 3.14. The first-order valence-electron chi connectivity index (χ1n) is 15.0. The molecule has 0 saturated heterocycles. The molecule has 1 aliphatic heterocycles. The molecule has 1 aliphatic rings. The largest absolute Gasteiger partial charge is 0.495 e. The van der Waals surface area contributed by atoms with Gasteiger partial charge in [0.05, 0.1) is 52.7 Å². The second-order valence-electron chi connectivity index (χ2n) is 11.8. The predicted molar refractivity (Wildman–Crippen MR) is 178 cm³/mol. The first-order valence-corrected chi connectivity index (χ1v) is 15.4. The number of benzene rings is 3. The Hall–Kier alpha value is -4.81. The van der Waals surface area contributed by atoms with Crippen molar-refractivity contribution in [2.24, 2.45) is 5.41 Å². The van der Waals surface area contributed by atoms with Gasteiger partial charge in [0.1, 0.15) is 18.0 Å². The van der Waals surface area contributed by atoms with Crippen LogP contribution in [0.3, 0.4) is 0 Å². The van der Waals surface area contributed by atoms with E-state index in [0.29, 0.717) is 39.1 Å². The van der Waals surface area contributed by atoms with Crippen molar-refractivity contribution in [3.8, 4) is 17.2 Å². The van der Waals surface area contributed by atoms with Gasteiger partial charge in [0.25, 0.3) is 5.91 Å². The van der Waals surface area contributed by atoms with Crippen LogP contribution in [-0.4, -0.2) is 71.4 Å². The quantitative estimate of drug-likeness (QED) is 0.241. The van der Waals surface area contributed by atoms with E-state index in [1.807, 2.05) is 13.8 Å². The molecule has 0 radical (unpaired) electrons. The number of carbonyl (C=O) groups excluding carboxylic acids is 4. The number of hydrogen-bond acceptors (Lipinski definition) is 10. The molecule has 1 N–H and O–H groups in total. The predicted octanol–water partition coefficient (Wildman–Crippen LogP) is 5.59. The summed E-state index contributed by atoms with van der Waals surface area (Å²) in [7, 11) is 5.67. The highest BCUT2D eigenvalue weighted by molar-refractivity contribution is 6.30. The van der Waals surface area contributed by atoms with Crippen molar-refractivity contribution in [3.63, 3.8) is 0 Å². The molecule has 3 aromatic carbocycles. The highest BCUT2D eigenvalue weighted by atomic mass is 35.5. The van der Waals surface area contributed by atoms with Crippen LogP contribution < -0.4 is 24.4 Å². The highest BCUT2D eigenvalue weighted by Crippen LogP contribution is 2.45. The summed E-state index contributed by atoms with van der Waals surface area (Å²) in [4.78, 5) is 53.5. The number of methoxy groups -OCH3 is 4. The van der Waals surface area contributed by atoms with Gasteiger partial charge in [0.15, 0.2) is 11.5 Å². The Morgan fingerprint density at radius 2 is 1.67 bits per heavy atom. The van der Waals surface area contributed by atoms with E-state index in [4.69, 9.17) is 40.0 Å². The number of para-hydroxylation sites is 1. The number of hydrogen-bond donors (Lipinski definition) is 1. The molecule has 0 spiro atoms. The third-order valence-electron chi connectivity index (χ3n) is 7.64.